The number of carbonyl (C=O) groups is 1. The van der Waals surface area contributed by atoms with Crippen LogP contribution in [0.25, 0.3) is 0 Å². The highest BCUT2D eigenvalue weighted by atomic mass is 16.5. The first-order valence-electron chi connectivity index (χ1n) is 8.07. The lowest BCUT2D eigenvalue weighted by molar-refractivity contribution is -0.124. The third-order valence-corrected chi connectivity index (χ3v) is 3.53. The molecule has 0 bridgehead atoms. The Hall–Kier alpha value is -2.08. The number of amides is 1. The van der Waals surface area contributed by atoms with E-state index < -0.39 is 0 Å². The lowest BCUT2D eigenvalue weighted by Gasteiger charge is -2.15. The number of guanidine groups is 1. The quantitative estimate of drug-likeness (QED) is 0.572. The highest BCUT2D eigenvalue weighted by Gasteiger charge is 2.23. The molecular weight excluding hydrogens is 292 g/mol. The number of aliphatic imine (C=N–C) groups is 1. The second-order valence-corrected chi connectivity index (χ2v) is 5.92. The van der Waals surface area contributed by atoms with Crippen LogP contribution in [0.5, 0.6) is 0 Å². The molecule has 126 valence electrons. The maximum atomic E-state index is 12.1. The summed E-state index contributed by atoms with van der Waals surface area (Å²) in [5.74, 6) is 0.693. The molecule has 1 saturated heterocycles. The number of nitrogens with zero attached hydrogens (tertiary/aromatic N) is 1. The van der Waals surface area contributed by atoms with Crippen molar-refractivity contribution in [3.8, 4) is 0 Å². The zero-order chi connectivity index (χ0) is 16.7. The molecule has 1 atom stereocenters. The van der Waals surface area contributed by atoms with Crippen molar-refractivity contribution in [2.45, 2.75) is 45.4 Å². The predicted octanol–water partition coefficient (Wildman–Crippen LogP) is 1.88. The van der Waals surface area contributed by atoms with E-state index in [1.807, 2.05) is 24.3 Å². The Balaban J connectivity index is 1.90. The van der Waals surface area contributed by atoms with Gasteiger partial charge in [0.1, 0.15) is 6.10 Å². The van der Waals surface area contributed by atoms with E-state index in [0.29, 0.717) is 19.2 Å². The van der Waals surface area contributed by atoms with Gasteiger partial charge in [0.05, 0.1) is 0 Å². The van der Waals surface area contributed by atoms with E-state index in [4.69, 9.17) is 4.74 Å². The molecule has 6 heteroatoms. The minimum Gasteiger partial charge on any atom is -0.368 e. The van der Waals surface area contributed by atoms with Crippen LogP contribution in [0.1, 0.15) is 32.3 Å². The van der Waals surface area contributed by atoms with Gasteiger partial charge < -0.3 is 20.7 Å². The second-order valence-electron chi connectivity index (χ2n) is 5.92. The number of ether oxygens (including phenoxy) is 1. The molecule has 1 aliphatic rings. The average molecular weight is 318 g/mol. The summed E-state index contributed by atoms with van der Waals surface area (Å²) in [7, 11) is 1.75. The number of rotatable bonds is 5. The molecule has 1 unspecified atom stereocenters. The van der Waals surface area contributed by atoms with Crippen LogP contribution in [0.15, 0.2) is 29.3 Å². The van der Waals surface area contributed by atoms with Gasteiger partial charge in [-0.1, -0.05) is 12.1 Å². The van der Waals surface area contributed by atoms with Crippen LogP contribution < -0.4 is 16.0 Å². The van der Waals surface area contributed by atoms with Crippen LogP contribution >= 0.6 is 0 Å². The second kappa shape index (κ2) is 8.53. The molecule has 2 rings (SSSR count). The number of hydrogen-bond donors (Lipinski definition) is 3. The zero-order valence-corrected chi connectivity index (χ0v) is 14.1. The van der Waals surface area contributed by atoms with Crippen LogP contribution in [0, 0.1) is 0 Å². The van der Waals surface area contributed by atoms with E-state index >= 15 is 0 Å². The summed E-state index contributed by atoms with van der Waals surface area (Å²) in [6, 6.07) is 8.11. The fourth-order valence-corrected chi connectivity index (χ4v) is 2.42. The van der Waals surface area contributed by atoms with Crippen molar-refractivity contribution < 1.29 is 9.53 Å². The third-order valence-electron chi connectivity index (χ3n) is 3.53. The summed E-state index contributed by atoms with van der Waals surface area (Å²) in [5, 5.41) is 9.41. The molecule has 0 radical (unpaired) electrons. The summed E-state index contributed by atoms with van der Waals surface area (Å²) in [6.07, 6.45) is 1.43. The monoisotopic (exact) mass is 318 g/mol. The molecule has 0 spiro atoms. The maximum absolute atomic E-state index is 12.1. The Morgan fingerprint density at radius 1 is 1.43 bits per heavy atom. The highest BCUT2D eigenvalue weighted by molar-refractivity contribution is 5.94. The minimum atomic E-state index is -0.314. The number of anilines is 1. The van der Waals surface area contributed by atoms with Crippen molar-refractivity contribution in [3.05, 3.63) is 29.8 Å². The summed E-state index contributed by atoms with van der Waals surface area (Å²) in [4.78, 5) is 16.3. The number of benzene rings is 1. The molecule has 1 aromatic carbocycles. The van der Waals surface area contributed by atoms with Gasteiger partial charge in [-0.3, -0.25) is 9.79 Å². The van der Waals surface area contributed by atoms with Crippen molar-refractivity contribution >= 4 is 17.6 Å². The van der Waals surface area contributed by atoms with E-state index in [1.54, 1.807) is 7.05 Å². The lowest BCUT2D eigenvalue weighted by atomic mass is 10.2. The fourth-order valence-electron chi connectivity index (χ4n) is 2.42. The molecule has 3 N–H and O–H groups in total. The topological polar surface area (TPSA) is 74.8 Å². The molecule has 23 heavy (non-hydrogen) atoms. The largest absolute Gasteiger partial charge is 0.368 e. The SMILES string of the molecule is CN=C(NCc1cccc(NC(=O)C2CCCO2)c1)NC(C)C. The molecule has 6 nitrogen and oxygen atoms in total. The first-order valence-corrected chi connectivity index (χ1v) is 8.07. The van der Waals surface area contributed by atoms with Gasteiger partial charge in [0, 0.05) is 31.9 Å². The van der Waals surface area contributed by atoms with Crippen molar-refractivity contribution in [1.29, 1.82) is 0 Å². The Morgan fingerprint density at radius 2 is 2.26 bits per heavy atom. The van der Waals surface area contributed by atoms with Crippen LogP contribution in [0.3, 0.4) is 0 Å². The van der Waals surface area contributed by atoms with E-state index in [1.165, 1.54) is 0 Å². The van der Waals surface area contributed by atoms with Gasteiger partial charge >= 0.3 is 0 Å². The summed E-state index contributed by atoms with van der Waals surface area (Å²) in [5.41, 5.74) is 1.86. The molecule has 0 aromatic heterocycles. The van der Waals surface area contributed by atoms with Crippen LogP contribution in [0.2, 0.25) is 0 Å². The summed E-state index contributed by atoms with van der Waals surface area (Å²) >= 11 is 0. The van der Waals surface area contributed by atoms with Crippen LogP contribution in [-0.4, -0.2) is 37.7 Å². The Bertz CT molecular complexity index is 551. The molecule has 1 amide bonds. The van der Waals surface area contributed by atoms with Gasteiger partial charge in [-0.25, -0.2) is 0 Å². The molecule has 1 fully saturated rings. The van der Waals surface area contributed by atoms with Gasteiger partial charge in [0.2, 0.25) is 0 Å². The van der Waals surface area contributed by atoms with Crippen LogP contribution in [0.4, 0.5) is 5.69 Å². The number of hydrogen-bond acceptors (Lipinski definition) is 3. The summed E-state index contributed by atoms with van der Waals surface area (Å²) < 4.78 is 5.40. The van der Waals surface area contributed by atoms with Crippen molar-refractivity contribution in [2.24, 2.45) is 4.99 Å². The minimum absolute atomic E-state index is 0.0649. The van der Waals surface area contributed by atoms with E-state index in [0.717, 1.165) is 30.1 Å². The fraction of sp³-hybridized carbons (Fsp3) is 0.529. The lowest BCUT2D eigenvalue weighted by Crippen LogP contribution is -2.40. The number of nitrogens with one attached hydrogen (secondary N) is 3. The van der Waals surface area contributed by atoms with Crippen LogP contribution in [-0.2, 0) is 16.1 Å². The molecule has 1 aromatic rings. The van der Waals surface area contributed by atoms with Crippen molar-refractivity contribution in [1.82, 2.24) is 10.6 Å². The third kappa shape index (κ3) is 5.56. The molecular formula is C17H26N4O2. The normalized spacial score (nSPS) is 18.1. The molecule has 0 saturated carbocycles. The summed E-state index contributed by atoms with van der Waals surface area (Å²) in [6.45, 7) is 5.43. The Morgan fingerprint density at radius 3 is 2.91 bits per heavy atom. The zero-order valence-electron chi connectivity index (χ0n) is 14.1. The van der Waals surface area contributed by atoms with Gasteiger partial charge in [-0.15, -0.1) is 0 Å². The average Bonchev–Trinajstić information content (AvgIpc) is 3.06. The molecule has 1 heterocycles. The van der Waals surface area contributed by atoms with E-state index in [9.17, 15) is 4.79 Å². The number of carbonyl (C=O) groups excluding carboxylic acids is 1. The Labute approximate surface area is 137 Å². The standard InChI is InChI=1S/C17H26N4O2/c1-12(2)20-17(18-3)19-11-13-6-4-7-14(10-13)21-16(22)15-8-5-9-23-15/h4,6-7,10,12,15H,5,8-9,11H2,1-3H3,(H,21,22)(H2,18,19,20). The molecule has 0 aliphatic carbocycles. The first kappa shape index (κ1) is 17.3. The molecule has 1 aliphatic heterocycles. The maximum Gasteiger partial charge on any atom is 0.253 e. The van der Waals surface area contributed by atoms with Crippen molar-refractivity contribution in [2.75, 3.05) is 19.0 Å². The van der Waals surface area contributed by atoms with Gasteiger partial charge in [0.25, 0.3) is 5.91 Å². The van der Waals surface area contributed by atoms with Crippen molar-refractivity contribution in [3.63, 3.8) is 0 Å². The smallest absolute Gasteiger partial charge is 0.253 e. The first-order chi connectivity index (χ1) is 11.1. The highest BCUT2D eigenvalue weighted by Crippen LogP contribution is 2.16. The Kier molecular flexibility index (Phi) is 6.40. The van der Waals surface area contributed by atoms with E-state index in [2.05, 4.69) is 34.8 Å². The van der Waals surface area contributed by atoms with E-state index in [-0.39, 0.29) is 12.0 Å². The van der Waals surface area contributed by atoms with Gasteiger partial charge in [0.15, 0.2) is 5.96 Å². The predicted molar refractivity (Wildman–Crippen MR) is 92.5 cm³/mol. The van der Waals surface area contributed by atoms with Gasteiger partial charge in [-0.2, -0.15) is 0 Å². The van der Waals surface area contributed by atoms with Gasteiger partial charge in [-0.05, 0) is 44.4 Å².